The van der Waals surface area contributed by atoms with Crippen LogP contribution in [0.5, 0.6) is 0 Å². The predicted molar refractivity (Wildman–Crippen MR) is 103 cm³/mol. The molecule has 0 saturated heterocycles. The Morgan fingerprint density at radius 3 is 2.81 bits per heavy atom. The highest BCUT2D eigenvalue weighted by molar-refractivity contribution is 5.88. The van der Waals surface area contributed by atoms with Crippen molar-refractivity contribution in [3.05, 3.63) is 77.7 Å². The summed E-state index contributed by atoms with van der Waals surface area (Å²) in [7, 11) is 0. The lowest BCUT2D eigenvalue weighted by molar-refractivity contribution is -0.120. The second kappa shape index (κ2) is 7.07. The molecule has 4 rings (SSSR count). The van der Waals surface area contributed by atoms with Crippen molar-refractivity contribution in [2.45, 2.75) is 26.8 Å². The minimum absolute atomic E-state index is 0.0467. The van der Waals surface area contributed by atoms with Crippen LogP contribution in [-0.2, 0) is 17.8 Å². The first-order valence-corrected chi connectivity index (χ1v) is 8.77. The molecule has 0 aliphatic heterocycles. The standard InChI is InChI=1S/C21H20N4O2/c1-14-7-18-17(12-27-19(18)8-15(14)2)9-21(26)24-11-16-3-4-20(23-10-16)25-6-5-22-13-25/h3-8,10,12-13H,9,11H2,1-2H3,(H,24,26). The molecule has 0 saturated carbocycles. The second-order valence-electron chi connectivity index (χ2n) is 6.64. The third-order valence-corrected chi connectivity index (χ3v) is 4.69. The minimum Gasteiger partial charge on any atom is -0.464 e. The summed E-state index contributed by atoms with van der Waals surface area (Å²) in [6, 6.07) is 7.94. The number of nitrogens with one attached hydrogen (secondary N) is 1. The van der Waals surface area contributed by atoms with E-state index in [1.165, 1.54) is 11.1 Å². The summed E-state index contributed by atoms with van der Waals surface area (Å²) in [6.07, 6.45) is 8.96. The van der Waals surface area contributed by atoms with E-state index in [-0.39, 0.29) is 12.3 Å². The third kappa shape index (κ3) is 3.60. The Bertz CT molecular complexity index is 1080. The summed E-state index contributed by atoms with van der Waals surface area (Å²) in [5.74, 6) is 0.743. The van der Waals surface area contributed by atoms with Crippen molar-refractivity contribution in [3.8, 4) is 5.82 Å². The largest absolute Gasteiger partial charge is 0.464 e. The Labute approximate surface area is 156 Å². The van der Waals surface area contributed by atoms with Gasteiger partial charge in [0.1, 0.15) is 17.7 Å². The monoisotopic (exact) mass is 360 g/mol. The molecule has 136 valence electrons. The van der Waals surface area contributed by atoms with Crippen LogP contribution in [0.4, 0.5) is 0 Å². The molecule has 0 bridgehead atoms. The average Bonchev–Trinajstić information content (AvgIpc) is 3.32. The number of aromatic nitrogens is 3. The second-order valence-corrected chi connectivity index (χ2v) is 6.64. The van der Waals surface area contributed by atoms with Crippen LogP contribution in [0.3, 0.4) is 0 Å². The van der Waals surface area contributed by atoms with Crippen molar-refractivity contribution in [1.82, 2.24) is 19.9 Å². The van der Waals surface area contributed by atoms with Crippen molar-refractivity contribution >= 4 is 16.9 Å². The van der Waals surface area contributed by atoms with E-state index in [0.29, 0.717) is 6.54 Å². The van der Waals surface area contributed by atoms with Gasteiger partial charge >= 0.3 is 0 Å². The summed E-state index contributed by atoms with van der Waals surface area (Å²) < 4.78 is 7.43. The Hall–Kier alpha value is -3.41. The number of rotatable bonds is 5. The fourth-order valence-corrected chi connectivity index (χ4v) is 2.98. The zero-order valence-electron chi connectivity index (χ0n) is 15.3. The van der Waals surface area contributed by atoms with Gasteiger partial charge in [-0.25, -0.2) is 9.97 Å². The molecular weight excluding hydrogens is 340 g/mol. The molecule has 6 heteroatoms. The number of furan rings is 1. The number of hydrogen-bond donors (Lipinski definition) is 1. The van der Waals surface area contributed by atoms with E-state index >= 15 is 0 Å². The van der Waals surface area contributed by atoms with E-state index in [2.05, 4.69) is 35.2 Å². The fraction of sp³-hybridized carbons (Fsp3) is 0.190. The van der Waals surface area contributed by atoms with Gasteiger partial charge in [0.2, 0.25) is 5.91 Å². The first-order valence-electron chi connectivity index (χ1n) is 8.77. The van der Waals surface area contributed by atoms with Gasteiger partial charge in [-0.2, -0.15) is 0 Å². The number of carbonyl (C=O) groups excluding carboxylic acids is 1. The quantitative estimate of drug-likeness (QED) is 0.591. The number of benzene rings is 1. The normalized spacial score (nSPS) is 11.0. The highest BCUT2D eigenvalue weighted by Gasteiger charge is 2.11. The smallest absolute Gasteiger partial charge is 0.224 e. The van der Waals surface area contributed by atoms with Gasteiger partial charge in [-0.05, 0) is 48.7 Å². The van der Waals surface area contributed by atoms with E-state index in [4.69, 9.17) is 4.42 Å². The highest BCUT2D eigenvalue weighted by atomic mass is 16.3. The van der Waals surface area contributed by atoms with Crippen molar-refractivity contribution in [2.75, 3.05) is 0 Å². The lowest BCUT2D eigenvalue weighted by atomic mass is 10.0. The van der Waals surface area contributed by atoms with Crippen LogP contribution in [-0.4, -0.2) is 20.4 Å². The number of fused-ring (bicyclic) bond motifs is 1. The van der Waals surface area contributed by atoms with Crippen molar-refractivity contribution in [3.63, 3.8) is 0 Å². The van der Waals surface area contributed by atoms with E-state index in [1.807, 2.05) is 29.0 Å². The molecule has 4 aromatic rings. The molecule has 0 atom stereocenters. The van der Waals surface area contributed by atoms with Crippen LogP contribution in [0.2, 0.25) is 0 Å². The van der Waals surface area contributed by atoms with E-state index in [1.54, 1.807) is 25.0 Å². The maximum Gasteiger partial charge on any atom is 0.224 e. The molecule has 0 unspecified atom stereocenters. The first kappa shape index (κ1) is 17.0. The number of hydrogen-bond acceptors (Lipinski definition) is 4. The zero-order valence-corrected chi connectivity index (χ0v) is 15.3. The van der Waals surface area contributed by atoms with Crippen LogP contribution < -0.4 is 5.32 Å². The Morgan fingerprint density at radius 1 is 1.22 bits per heavy atom. The highest BCUT2D eigenvalue weighted by Crippen LogP contribution is 2.25. The molecule has 1 aromatic carbocycles. The van der Waals surface area contributed by atoms with Gasteiger partial charge in [-0.1, -0.05) is 6.07 Å². The van der Waals surface area contributed by atoms with Crippen molar-refractivity contribution in [1.29, 1.82) is 0 Å². The van der Waals surface area contributed by atoms with Gasteiger partial charge in [0.05, 0.1) is 12.7 Å². The van der Waals surface area contributed by atoms with E-state index in [0.717, 1.165) is 27.9 Å². The number of aryl methyl sites for hydroxylation is 2. The summed E-state index contributed by atoms with van der Waals surface area (Å²) in [5.41, 5.74) is 5.03. The Morgan fingerprint density at radius 2 is 2.07 bits per heavy atom. The molecule has 0 spiro atoms. The van der Waals surface area contributed by atoms with Crippen LogP contribution in [0.15, 0.2) is 59.9 Å². The molecule has 6 nitrogen and oxygen atoms in total. The molecule has 3 heterocycles. The zero-order chi connectivity index (χ0) is 18.8. The van der Waals surface area contributed by atoms with E-state index in [9.17, 15) is 4.79 Å². The van der Waals surface area contributed by atoms with Crippen LogP contribution in [0.25, 0.3) is 16.8 Å². The Balaban J connectivity index is 1.39. The van der Waals surface area contributed by atoms with Crippen molar-refractivity contribution < 1.29 is 9.21 Å². The number of pyridine rings is 1. The van der Waals surface area contributed by atoms with Crippen LogP contribution in [0, 0.1) is 13.8 Å². The SMILES string of the molecule is Cc1cc2occ(CC(=O)NCc3ccc(-n4ccnc4)nc3)c2cc1C. The summed E-state index contributed by atoms with van der Waals surface area (Å²) >= 11 is 0. The van der Waals surface area contributed by atoms with Crippen molar-refractivity contribution in [2.24, 2.45) is 0 Å². The lowest BCUT2D eigenvalue weighted by Gasteiger charge is -2.06. The maximum absolute atomic E-state index is 12.3. The molecule has 1 amide bonds. The van der Waals surface area contributed by atoms with Gasteiger partial charge in [0.15, 0.2) is 0 Å². The molecule has 0 aliphatic rings. The minimum atomic E-state index is -0.0467. The number of carbonyl (C=O) groups is 1. The molecule has 0 aliphatic carbocycles. The predicted octanol–water partition coefficient (Wildman–Crippen LogP) is 3.49. The van der Waals surface area contributed by atoms with Gasteiger partial charge in [0.25, 0.3) is 0 Å². The molecule has 1 N–H and O–H groups in total. The van der Waals surface area contributed by atoms with Crippen LogP contribution >= 0.6 is 0 Å². The topological polar surface area (TPSA) is 73.0 Å². The molecule has 27 heavy (non-hydrogen) atoms. The summed E-state index contributed by atoms with van der Waals surface area (Å²) in [6.45, 7) is 4.55. The Kier molecular flexibility index (Phi) is 4.46. The number of nitrogens with zero attached hydrogens (tertiary/aromatic N) is 3. The molecule has 0 fully saturated rings. The molecular formula is C21H20N4O2. The lowest BCUT2D eigenvalue weighted by Crippen LogP contribution is -2.24. The van der Waals surface area contributed by atoms with Crippen LogP contribution in [0.1, 0.15) is 22.3 Å². The average molecular weight is 360 g/mol. The molecule has 0 radical (unpaired) electrons. The van der Waals surface area contributed by atoms with E-state index < -0.39 is 0 Å². The maximum atomic E-state index is 12.3. The van der Waals surface area contributed by atoms with Gasteiger partial charge in [0, 0.05) is 36.1 Å². The number of imidazole rings is 1. The van der Waals surface area contributed by atoms with Gasteiger partial charge in [-0.15, -0.1) is 0 Å². The third-order valence-electron chi connectivity index (χ3n) is 4.69. The van der Waals surface area contributed by atoms with Gasteiger partial charge in [-0.3, -0.25) is 9.36 Å². The number of amides is 1. The fourth-order valence-electron chi connectivity index (χ4n) is 2.98. The summed E-state index contributed by atoms with van der Waals surface area (Å²) in [5, 5.41) is 3.94. The molecule has 3 aromatic heterocycles. The first-order chi connectivity index (χ1) is 13.1. The van der Waals surface area contributed by atoms with Gasteiger partial charge < -0.3 is 9.73 Å². The summed E-state index contributed by atoms with van der Waals surface area (Å²) in [4.78, 5) is 20.7.